The fourth-order valence-corrected chi connectivity index (χ4v) is 3.59. The van der Waals surface area contributed by atoms with Crippen molar-refractivity contribution in [1.29, 1.82) is 0 Å². The number of nitrogens with one attached hydrogen (secondary N) is 1. The van der Waals surface area contributed by atoms with Crippen molar-refractivity contribution in [1.82, 2.24) is 5.32 Å². The summed E-state index contributed by atoms with van der Waals surface area (Å²) in [6, 6.07) is 13.1. The predicted octanol–water partition coefficient (Wildman–Crippen LogP) is 3.89. The minimum Gasteiger partial charge on any atom is -0.497 e. The number of likely N-dealkylation sites (N-methyl/N-ethyl adjacent to an activating group) is 1. The van der Waals surface area contributed by atoms with Crippen molar-refractivity contribution in [2.75, 3.05) is 14.2 Å². The molecule has 2 nitrogen and oxygen atoms in total. The fraction of sp³-hybridized carbons (Fsp3) is 0.333. The summed E-state index contributed by atoms with van der Waals surface area (Å²) in [5, 5.41) is 3.40. The molecule has 0 aliphatic heterocycles. The Bertz CT molecular complexity index is 509. The smallest absolute Gasteiger partial charge is 0.118 e. The van der Waals surface area contributed by atoms with Crippen molar-refractivity contribution in [2.45, 2.75) is 18.9 Å². The van der Waals surface area contributed by atoms with Crippen LogP contribution in [-0.4, -0.2) is 20.2 Å². The lowest BCUT2D eigenvalue weighted by Gasteiger charge is -2.15. The molecule has 102 valence electrons. The zero-order valence-corrected chi connectivity index (χ0v) is 13.6. The van der Waals surface area contributed by atoms with E-state index in [1.807, 2.05) is 19.2 Å². The number of ether oxygens (including phenoxy) is 1. The average molecular weight is 340 g/mol. The minimum atomic E-state index is 0.457. The molecule has 1 aromatic carbocycles. The molecule has 0 spiro atoms. The second-order valence-electron chi connectivity index (χ2n) is 4.45. The summed E-state index contributed by atoms with van der Waals surface area (Å²) in [6.07, 6.45) is 2.08. The van der Waals surface area contributed by atoms with E-state index in [1.165, 1.54) is 14.2 Å². The molecular weight excluding hydrogens is 322 g/mol. The maximum absolute atomic E-state index is 5.18. The molecule has 1 atom stereocenters. The number of halogens is 1. The Kier molecular flexibility index (Phi) is 5.43. The van der Waals surface area contributed by atoms with Gasteiger partial charge in [-0.25, -0.2) is 0 Å². The molecule has 1 unspecified atom stereocenters. The van der Waals surface area contributed by atoms with E-state index in [0.717, 1.165) is 18.6 Å². The Hall–Kier alpha value is -0.840. The van der Waals surface area contributed by atoms with Crippen LogP contribution in [0.25, 0.3) is 0 Å². The van der Waals surface area contributed by atoms with Crippen LogP contribution in [0.1, 0.15) is 10.4 Å². The van der Waals surface area contributed by atoms with Gasteiger partial charge in [0.05, 0.1) is 10.9 Å². The van der Waals surface area contributed by atoms with Crippen LogP contribution in [0, 0.1) is 0 Å². The molecule has 0 amide bonds. The first kappa shape index (κ1) is 14.6. The molecule has 2 rings (SSSR count). The molecule has 1 N–H and O–H groups in total. The zero-order valence-electron chi connectivity index (χ0n) is 11.2. The van der Waals surface area contributed by atoms with Gasteiger partial charge in [0.25, 0.3) is 0 Å². The van der Waals surface area contributed by atoms with Gasteiger partial charge in [-0.2, -0.15) is 0 Å². The van der Waals surface area contributed by atoms with Crippen molar-refractivity contribution in [3.8, 4) is 5.75 Å². The van der Waals surface area contributed by atoms with Crippen LogP contribution in [0.15, 0.2) is 40.2 Å². The highest BCUT2D eigenvalue weighted by Gasteiger charge is 2.10. The lowest BCUT2D eigenvalue weighted by molar-refractivity contribution is 0.414. The largest absolute Gasteiger partial charge is 0.497 e. The van der Waals surface area contributed by atoms with Crippen LogP contribution < -0.4 is 10.1 Å². The van der Waals surface area contributed by atoms with E-state index in [0.29, 0.717) is 6.04 Å². The van der Waals surface area contributed by atoms with E-state index >= 15 is 0 Å². The number of hydrogen-bond donors (Lipinski definition) is 1. The van der Waals surface area contributed by atoms with E-state index in [4.69, 9.17) is 4.74 Å². The highest BCUT2D eigenvalue weighted by Crippen LogP contribution is 2.24. The number of benzene rings is 1. The van der Waals surface area contributed by atoms with E-state index in [2.05, 4.69) is 45.5 Å². The van der Waals surface area contributed by atoms with E-state index in [-0.39, 0.29) is 0 Å². The van der Waals surface area contributed by atoms with Crippen LogP contribution in [0.2, 0.25) is 0 Å². The van der Waals surface area contributed by atoms with Gasteiger partial charge < -0.3 is 10.1 Å². The lowest BCUT2D eigenvalue weighted by atomic mass is 10.0. The number of thiophene rings is 1. The van der Waals surface area contributed by atoms with Crippen molar-refractivity contribution in [2.24, 2.45) is 0 Å². The van der Waals surface area contributed by atoms with Crippen molar-refractivity contribution in [3.63, 3.8) is 0 Å². The highest BCUT2D eigenvalue weighted by molar-refractivity contribution is 9.11. The molecule has 2 aromatic rings. The van der Waals surface area contributed by atoms with Gasteiger partial charge >= 0.3 is 0 Å². The van der Waals surface area contributed by atoms with E-state index in [9.17, 15) is 0 Å². The van der Waals surface area contributed by atoms with Crippen LogP contribution >= 0.6 is 27.3 Å². The van der Waals surface area contributed by atoms with Crippen molar-refractivity contribution < 1.29 is 4.74 Å². The van der Waals surface area contributed by atoms with Crippen LogP contribution in [0.3, 0.4) is 0 Å². The molecule has 19 heavy (non-hydrogen) atoms. The SMILES string of the molecule is CNC(Cc1ccc(OC)cc1)Cc1ccc(Br)s1. The molecule has 0 fully saturated rings. The first-order valence-electron chi connectivity index (χ1n) is 6.25. The quantitative estimate of drug-likeness (QED) is 0.861. The predicted molar refractivity (Wildman–Crippen MR) is 85.3 cm³/mol. The summed E-state index contributed by atoms with van der Waals surface area (Å²) in [5.41, 5.74) is 1.33. The van der Waals surface area contributed by atoms with Gasteiger partial charge in [0.1, 0.15) is 5.75 Å². The van der Waals surface area contributed by atoms with E-state index in [1.54, 1.807) is 18.4 Å². The standard InChI is InChI=1S/C15H18BrNOS/c1-17-12(10-14-7-8-15(16)19-14)9-11-3-5-13(18-2)6-4-11/h3-8,12,17H,9-10H2,1-2H3. The van der Waals surface area contributed by atoms with Gasteiger partial charge in [-0.1, -0.05) is 12.1 Å². The van der Waals surface area contributed by atoms with Crippen LogP contribution in [0.4, 0.5) is 0 Å². The Labute approximate surface area is 126 Å². The number of methoxy groups -OCH3 is 1. The second kappa shape index (κ2) is 7.08. The summed E-state index contributed by atoms with van der Waals surface area (Å²) in [6.45, 7) is 0. The van der Waals surface area contributed by atoms with Crippen molar-refractivity contribution in [3.05, 3.63) is 50.6 Å². The topological polar surface area (TPSA) is 21.3 Å². The Morgan fingerprint density at radius 3 is 2.42 bits per heavy atom. The highest BCUT2D eigenvalue weighted by atomic mass is 79.9. The molecule has 0 bridgehead atoms. The third kappa shape index (κ3) is 4.34. The maximum atomic E-state index is 5.18. The van der Waals surface area contributed by atoms with Crippen LogP contribution in [0.5, 0.6) is 5.75 Å². The van der Waals surface area contributed by atoms with Gasteiger partial charge in [-0.15, -0.1) is 11.3 Å². The first-order chi connectivity index (χ1) is 9.21. The van der Waals surface area contributed by atoms with Crippen LogP contribution in [-0.2, 0) is 12.8 Å². The number of hydrogen-bond acceptors (Lipinski definition) is 3. The molecular formula is C15H18BrNOS. The van der Waals surface area contributed by atoms with Gasteiger partial charge in [0, 0.05) is 10.9 Å². The van der Waals surface area contributed by atoms with Gasteiger partial charge in [-0.05, 0) is 65.6 Å². The first-order valence-corrected chi connectivity index (χ1v) is 7.86. The van der Waals surface area contributed by atoms with Gasteiger partial charge in [-0.3, -0.25) is 0 Å². The normalized spacial score (nSPS) is 12.4. The third-order valence-electron chi connectivity index (χ3n) is 3.13. The Balaban J connectivity index is 1.97. The second-order valence-corrected chi connectivity index (χ2v) is 7.00. The Morgan fingerprint density at radius 2 is 1.89 bits per heavy atom. The molecule has 4 heteroatoms. The summed E-state index contributed by atoms with van der Waals surface area (Å²) in [4.78, 5) is 1.40. The third-order valence-corrected chi connectivity index (χ3v) is 4.77. The monoisotopic (exact) mass is 339 g/mol. The lowest BCUT2D eigenvalue weighted by Crippen LogP contribution is -2.29. The molecule has 0 saturated heterocycles. The molecule has 1 heterocycles. The van der Waals surface area contributed by atoms with E-state index < -0.39 is 0 Å². The molecule has 0 radical (unpaired) electrons. The Morgan fingerprint density at radius 1 is 1.16 bits per heavy atom. The number of rotatable bonds is 6. The molecule has 0 saturated carbocycles. The maximum Gasteiger partial charge on any atom is 0.118 e. The minimum absolute atomic E-state index is 0.457. The molecule has 0 aliphatic carbocycles. The summed E-state index contributed by atoms with van der Waals surface area (Å²) in [7, 11) is 3.72. The fourth-order valence-electron chi connectivity index (χ4n) is 2.03. The van der Waals surface area contributed by atoms with Crippen molar-refractivity contribution >= 4 is 27.3 Å². The molecule has 0 aliphatic rings. The summed E-state index contributed by atoms with van der Waals surface area (Å²) in [5.74, 6) is 0.909. The molecule has 1 aromatic heterocycles. The average Bonchev–Trinajstić information content (AvgIpc) is 2.84. The van der Waals surface area contributed by atoms with Gasteiger partial charge in [0.15, 0.2) is 0 Å². The van der Waals surface area contributed by atoms with Gasteiger partial charge in [0.2, 0.25) is 0 Å². The summed E-state index contributed by atoms with van der Waals surface area (Å²) >= 11 is 5.32. The zero-order chi connectivity index (χ0) is 13.7. The summed E-state index contributed by atoms with van der Waals surface area (Å²) < 4.78 is 6.38.